The van der Waals surface area contributed by atoms with Crippen LogP contribution in [-0.4, -0.2) is 30.9 Å². The molecule has 0 N–H and O–H groups in total. The van der Waals surface area contributed by atoms with Crippen molar-refractivity contribution in [2.75, 3.05) is 11.4 Å². The minimum atomic E-state index is -0.288. The summed E-state index contributed by atoms with van der Waals surface area (Å²) in [6, 6.07) is 7.34. The van der Waals surface area contributed by atoms with E-state index in [0.717, 1.165) is 12.0 Å². The Morgan fingerprint density at radius 1 is 1.09 bits per heavy atom. The highest BCUT2D eigenvalue weighted by atomic mass is 16.7. The van der Waals surface area contributed by atoms with Gasteiger partial charge in [0, 0.05) is 18.3 Å². The van der Waals surface area contributed by atoms with Crippen molar-refractivity contribution in [3.8, 4) is 0 Å². The summed E-state index contributed by atoms with van der Waals surface area (Å²) in [7, 11) is -0.271. The molecule has 0 amide bonds. The minimum Gasteiger partial charge on any atom is -0.399 e. The molecule has 0 aromatic heterocycles. The molecule has 1 aromatic carbocycles. The molecule has 4 heteroatoms. The SMILES string of the molecule is Cc1cc(N2CCCCC2C)ccc1B1OC(C)(C)C(C)(C)O1. The number of hydrogen-bond donors (Lipinski definition) is 0. The van der Waals surface area contributed by atoms with Crippen LogP contribution in [0.15, 0.2) is 18.2 Å². The van der Waals surface area contributed by atoms with Crippen LogP contribution in [0.25, 0.3) is 0 Å². The zero-order chi connectivity index (χ0) is 16.8. The second kappa shape index (κ2) is 5.82. The van der Waals surface area contributed by atoms with Gasteiger partial charge in [-0.3, -0.25) is 0 Å². The van der Waals surface area contributed by atoms with Crippen molar-refractivity contribution in [2.24, 2.45) is 0 Å². The van der Waals surface area contributed by atoms with E-state index >= 15 is 0 Å². The average molecular weight is 315 g/mol. The van der Waals surface area contributed by atoms with Gasteiger partial charge in [-0.25, -0.2) is 0 Å². The molecule has 3 rings (SSSR count). The molecule has 0 radical (unpaired) electrons. The fraction of sp³-hybridized carbons (Fsp3) is 0.684. The highest BCUT2D eigenvalue weighted by Gasteiger charge is 2.52. The lowest BCUT2D eigenvalue weighted by Gasteiger charge is -2.35. The predicted octanol–water partition coefficient (Wildman–Crippen LogP) is 3.67. The van der Waals surface area contributed by atoms with Crippen molar-refractivity contribution in [3.05, 3.63) is 23.8 Å². The van der Waals surface area contributed by atoms with E-state index in [-0.39, 0.29) is 18.3 Å². The normalized spacial score (nSPS) is 26.6. The van der Waals surface area contributed by atoms with E-state index in [9.17, 15) is 0 Å². The first-order chi connectivity index (χ1) is 10.7. The van der Waals surface area contributed by atoms with Crippen LogP contribution in [0.1, 0.15) is 59.4 Å². The summed E-state index contributed by atoms with van der Waals surface area (Å²) in [5.41, 5.74) is 3.15. The van der Waals surface area contributed by atoms with Gasteiger partial charge in [0.25, 0.3) is 0 Å². The summed E-state index contributed by atoms with van der Waals surface area (Å²) in [5.74, 6) is 0. The molecular formula is C19H30BNO2. The molecule has 2 heterocycles. The third-order valence-corrected chi connectivity index (χ3v) is 5.90. The Hall–Kier alpha value is -0.995. The third-order valence-electron chi connectivity index (χ3n) is 5.90. The van der Waals surface area contributed by atoms with Crippen LogP contribution in [0, 0.1) is 6.92 Å². The van der Waals surface area contributed by atoms with Crippen LogP contribution in [-0.2, 0) is 9.31 Å². The molecule has 1 aromatic rings. The molecule has 2 aliphatic heterocycles. The fourth-order valence-electron chi connectivity index (χ4n) is 3.55. The zero-order valence-corrected chi connectivity index (χ0v) is 15.5. The maximum absolute atomic E-state index is 6.20. The Balaban J connectivity index is 1.83. The van der Waals surface area contributed by atoms with Crippen LogP contribution >= 0.6 is 0 Å². The second-order valence-corrected chi connectivity index (χ2v) is 8.17. The number of aryl methyl sites for hydroxylation is 1. The summed E-state index contributed by atoms with van der Waals surface area (Å²) >= 11 is 0. The molecular weight excluding hydrogens is 285 g/mol. The first-order valence-electron chi connectivity index (χ1n) is 8.94. The van der Waals surface area contributed by atoms with E-state index in [4.69, 9.17) is 9.31 Å². The van der Waals surface area contributed by atoms with E-state index in [1.165, 1.54) is 30.5 Å². The van der Waals surface area contributed by atoms with Gasteiger partial charge in [-0.1, -0.05) is 6.07 Å². The van der Waals surface area contributed by atoms with Gasteiger partial charge in [-0.05, 0) is 84.0 Å². The topological polar surface area (TPSA) is 21.7 Å². The van der Waals surface area contributed by atoms with Gasteiger partial charge < -0.3 is 14.2 Å². The van der Waals surface area contributed by atoms with Crippen LogP contribution in [0.4, 0.5) is 5.69 Å². The van der Waals surface area contributed by atoms with Crippen LogP contribution in [0.3, 0.4) is 0 Å². The summed E-state index contributed by atoms with van der Waals surface area (Å²) < 4.78 is 12.4. The van der Waals surface area contributed by atoms with Gasteiger partial charge in [-0.15, -0.1) is 0 Å². The highest BCUT2D eigenvalue weighted by Crippen LogP contribution is 2.37. The monoisotopic (exact) mass is 315 g/mol. The largest absolute Gasteiger partial charge is 0.495 e. The number of benzene rings is 1. The molecule has 0 aliphatic carbocycles. The fourth-order valence-corrected chi connectivity index (χ4v) is 3.55. The Morgan fingerprint density at radius 3 is 2.30 bits per heavy atom. The quantitative estimate of drug-likeness (QED) is 0.777. The molecule has 3 nitrogen and oxygen atoms in total. The van der Waals surface area contributed by atoms with Gasteiger partial charge >= 0.3 is 7.12 Å². The molecule has 1 atom stereocenters. The predicted molar refractivity (Wildman–Crippen MR) is 97.6 cm³/mol. The van der Waals surface area contributed by atoms with Gasteiger partial charge in [0.2, 0.25) is 0 Å². The molecule has 126 valence electrons. The smallest absolute Gasteiger partial charge is 0.399 e. The van der Waals surface area contributed by atoms with Crippen LogP contribution < -0.4 is 10.4 Å². The molecule has 0 spiro atoms. The molecule has 2 saturated heterocycles. The minimum absolute atomic E-state index is 0.271. The first kappa shape index (κ1) is 16.8. The van der Waals surface area contributed by atoms with E-state index < -0.39 is 0 Å². The van der Waals surface area contributed by atoms with Crippen molar-refractivity contribution in [2.45, 2.75) is 78.0 Å². The summed E-state index contributed by atoms with van der Waals surface area (Å²) in [6.45, 7) is 14.1. The van der Waals surface area contributed by atoms with E-state index in [2.05, 4.69) is 64.6 Å². The van der Waals surface area contributed by atoms with Gasteiger partial charge in [0.15, 0.2) is 0 Å². The van der Waals surface area contributed by atoms with Crippen LogP contribution in [0.2, 0.25) is 0 Å². The Morgan fingerprint density at radius 2 is 1.74 bits per heavy atom. The highest BCUT2D eigenvalue weighted by molar-refractivity contribution is 6.62. The molecule has 1 unspecified atom stereocenters. The Kier molecular flexibility index (Phi) is 4.26. The van der Waals surface area contributed by atoms with E-state index in [0.29, 0.717) is 6.04 Å². The Labute approximate surface area is 141 Å². The summed E-state index contributed by atoms with van der Waals surface area (Å²) in [5, 5.41) is 0. The van der Waals surface area contributed by atoms with Gasteiger partial charge in [0.05, 0.1) is 11.2 Å². The summed E-state index contributed by atoms with van der Waals surface area (Å²) in [6.07, 6.45) is 3.93. The lowest BCUT2D eigenvalue weighted by Crippen LogP contribution is -2.41. The lowest BCUT2D eigenvalue weighted by atomic mass is 9.76. The number of anilines is 1. The molecule has 2 fully saturated rings. The number of hydrogen-bond acceptors (Lipinski definition) is 3. The van der Waals surface area contributed by atoms with Crippen molar-refractivity contribution >= 4 is 18.3 Å². The zero-order valence-electron chi connectivity index (χ0n) is 15.5. The Bertz CT molecular complexity index is 569. The molecule has 23 heavy (non-hydrogen) atoms. The lowest BCUT2D eigenvalue weighted by molar-refractivity contribution is 0.00578. The molecule has 0 bridgehead atoms. The number of nitrogens with zero attached hydrogens (tertiary/aromatic N) is 1. The van der Waals surface area contributed by atoms with Crippen LogP contribution in [0.5, 0.6) is 0 Å². The number of rotatable bonds is 2. The average Bonchev–Trinajstić information content (AvgIpc) is 2.67. The maximum Gasteiger partial charge on any atom is 0.495 e. The maximum atomic E-state index is 6.20. The third kappa shape index (κ3) is 3.03. The van der Waals surface area contributed by atoms with Crippen molar-refractivity contribution in [1.82, 2.24) is 0 Å². The first-order valence-corrected chi connectivity index (χ1v) is 8.94. The van der Waals surface area contributed by atoms with Gasteiger partial charge in [0.1, 0.15) is 0 Å². The standard InChI is InChI=1S/C19H30BNO2/c1-14-13-16(21-12-8-7-9-15(21)2)10-11-17(14)20-22-18(3,4)19(5,6)23-20/h10-11,13,15H,7-9,12H2,1-6H3. The molecule has 0 saturated carbocycles. The summed E-state index contributed by atoms with van der Waals surface area (Å²) in [4.78, 5) is 2.53. The van der Waals surface area contributed by atoms with Crippen molar-refractivity contribution < 1.29 is 9.31 Å². The van der Waals surface area contributed by atoms with Gasteiger partial charge in [-0.2, -0.15) is 0 Å². The van der Waals surface area contributed by atoms with E-state index in [1.54, 1.807) is 0 Å². The van der Waals surface area contributed by atoms with Crippen molar-refractivity contribution in [3.63, 3.8) is 0 Å². The molecule has 2 aliphatic rings. The van der Waals surface area contributed by atoms with E-state index in [1.807, 2.05) is 0 Å². The second-order valence-electron chi connectivity index (χ2n) is 8.17. The number of piperidine rings is 1. The van der Waals surface area contributed by atoms with Crippen molar-refractivity contribution in [1.29, 1.82) is 0 Å².